The SMILES string of the molecule is O=C(COc1ccc(N2CCCC2=O)cc1)NCCOc1ccccc1-c1ccccc1. The van der Waals surface area contributed by atoms with Gasteiger partial charge in [-0.25, -0.2) is 0 Å². The van der Waals surface area contributed by atoms with Crippen molar-refractivity contribution in [1.29, 1.82) is 0 Å². The molecule has 2 amide bonds. The van der Waals surface area contributed by atoms with Crippen LogP contribution in [0.5, 0.6) is 11.5 Å². The number of nitrogens with one attached hydrogen (secondary N) is 1. The maximum atomic E-state index is 12.1. The molecule has 0 radical (unpaired) electrons. The standard InChI is InChI=1S/C26H26N2O4/c29-25(19-32-22-14-12-21(13-15-22)28-17-6-11-26(28)30)27-16-18-31-24-10-5-4-9-23(24)20-7-2-1-3-8-20/h1-5,7-10,12-15H,6,11,16-19H2,(H,27,29). The molecule has 1 saturated heterocycles. The van der Waals surface area contributed by atoms with Gasteiger partial charge in [0.25, 0.3) is 5.91 Å². The van der Waals surface area contributed by atoms with E-state index in [4.69, 9.17) is 9.47 Å². The van der Waals surface area contributed by atoms with Crippen molar-refractivity contribution in [1.82, 2.24) is 5.32 Å². The average molecular weight is 431 g/mol. The zero-order chi connectivity index (χ0) is 22.2. The first kappa shape index (κ1) is 21.4. The first-order chi connectivity index (χ1) is 15.7. The molecule has 0 unspecified atom stereocenters. The number of amides is 2. The zero-order valence-electron chi connectivity index (χ0n) is 17.8. The van der Waals surface area contributed by atoms with Crippen molar-refractivity contribution in [3.05, 3.63) is 78.9 Å². The van der Waals surface area contributed by atoms with E-state index in [1.54, 1.807) is 17.0 Å². The fourth-order valence-electron chi connectivity index (χ4n) is 3.64. The van der Waals surface area contributed by atoms with Crippen molar-refractivity contribution in [2.75, 3.05) is 31.2 Å². The Morgan fingerprint density at radius 1 is 0.906 bits per heavy atom. The van der Waals surface area contributed by atoms with Gasteiger partial charge in [0.1, 0.15) is 18.1 Å². The number of carbonyl (C=O) groups excluding carboxylic acids is 2. The van der Waals surface area contributed by atoms with Crippen molar-refractivity contribution in [3.8, 4) is 22.6 Å². The Bertz CT molecular complexity index is 1050. The smallest absolute Gasteiger partial charge is 0.258 e. The Kier molecular flexibility index (Phi) is 7.02. The van der Waals surface area contributed by atoms with Crippen molar-refractivity contribution >= 4 is 17.5 Å². The van der Waals surface area contributed by atoms with E-state index in [0.29, 0.717) is 25.3 Å². The van der Waals surface area contributed by atoms with Gasteiger partial charge in [-0.15, -0.1) is 0 Å². The normalized spacial score (nSPS) is 13.1. The van der Waals surface area contributed by atoms with E-state index in [2.05, 4.69) is 5.32 Å². The molecule has 0 saturated carbocycles. The van der Waals surface area contributed by atoms with Crippen LogP contribution >= 0.6 is 0 Å². The summed E-state index contributed by atoms with van der Waals surface area (Å²) in [6.07, 6.45) is 1.48. The second-order valence-electron chi connectivity index (χ2n) is 7.49. The van der Waals surface area contributed by atoms with Crippen LogP contribution in [0.15, 0.2) is 78.9 Å². The lowest BCUT2D eigenvalue weighted by Gasteiger charge is -2.16. The molecule has 0 aromatic heterocycles. The number of hydrogen-bond acceptors (Lipinski definition) is 4. The molecule has 4 rings (SSSR count). The molecule has 0 spiro atoms. The number of carbonyl (C=O) groups is 2. The molecule has 1 N–H and O–H groups in total. The minimum absolute atomic E-state index is 0.0808. The summed E-state index contributed by atoms with van der Waals surface area (Å²) < 4.78 is 11.4. The zero-order valence-corrected chi connectivity index (χ0v) is 17.8. The van der Waals surface area contributed by atoms with Crippen molar-refractivity contribution in [3.63, 3.8) is 0 Å². The summed E-state index contributed by atoms with van der Waals surface area (Å²) in [5, 5.41) is 2.80. The van der Waals surface area contributed by atoms with Crippen LogP contribution in [0.2, 0.25) is 0 Å². The van der Waals surface area contributed by atoms with E-state index in [1.165, 1.54) is 0 Å². The molecule has 0 aliphatic carbocycles. The van der Waals surface area contributed by atoms with Gasteiger partial charge in [0, 0.05) is 24.2 Å². The van der Waals surface area contributed by atoms with E-state index < -0.39 is 0 Å². The van der Waals surface area contributed by atoms with Gasteiger partial charge in [-0.3, -0.25) is 9.59 Å². The third kappa shape index (κ3) is 5.46. The number of para-hydroxylation sites is 1. The molecule has 1 aliphatic rings. The lowest BCUT2D eigenvalue weighted by molar-refractivity contribution is -0.123. The highest BCUT2D eigenvalue weighted by atomic mass is 16.5. The minimum Gasteiger partial charge on any atom is -0.491 e. The summed E-state index contributed by atoms with van der Waals surface area (Å²) in [5.74, 6) is 1.29. The largest absolute Gasteiger partial charge is 0.491 e. The Morgan fingerprint density at radius 2 is 1.66 bits per heavy atom. The quantitative estimate of drug-likeness (QED) is 0.520. The Labute approximate surface area is 187 Å². The molecule has 32 heavy (non-hydrogen) atoms. The van der Waals surface area contributed by atoms with Crippen molar-refractivity contribution < 1.29 is 19.1 Å². The summed E-state index contributed by atoms with van der Waals surface area (Å²) in [5.41, 5.74) is 2.96. The molecular weight excluding hydrogens is 404 g/mol. The molecule has 0 atom stereocenters. The minimum atomic E-state index is -0.219. The highest BCUT2D eigenvalue weighted by Crippen LogP contribution is 2.29. The highest BCUT2D eigenvalue weighted by molar-refractivity contribution is 5.95. The third-order valence-corrected chi connectivity index (χ3v) is 5.25. The van der Waals surface area contributed by atoms with Crippen molar-refractivity contribution in [2.24, 2.45) is 0 Å². The van der Waals surface area contributed by atoms with Crippen LogP contribution < -0.4 is 19.7 Å². The third-order valence-electron chi connectivity index (χ3n) is 5.25. The molecular formula is C26H26N2O4. The van der Waals surface area contributed by atoms with Crippen LogP contribution in [-0.2, 0) is 9.59 Å². The van der Waals surface area contributed by atoms with E-state index in [0.717, 1.165) is 35.5 Å². The maximum absolute atomic E-state index is 12.1. The summed E-state index contributed by atoms with van der Waals surface area (Å²) in [6, 6.07) is 25.1. The maximum Gasteiger partial charge on any atom is 0.258 e. The fraction of sp³-hybridized carbons (Fsp3) is 0.231. The summed E-state index contributed by atoms with van der Waals surface area (Å²) >= 11 is 0. The van der Waals surface area contributed by atoms with Crippen LogP contribution in [0.3, 0.4) is 0 Å². The Balaban J connectivity index is 1.20. The molecule has 3 aromatic rings. The second kappa shape index (κ2) is 10.5. The molecule has 6 heteroatoms. The Hall–Kier alpha value is -3.80. The van der Waals surface area contributed by atoms with Gasteiger partial charge < -0.3 is 19.7 Å². The van der Waals surface area contributed by atoms with Gasteiger partial charge >= 0.3 is 0 Å². The Morgan fingerprint density at radius 3 is 2.41 bits per heavy atom. The van der Waals surface area contributed by atoms with E-state index in [-0.39, 0.29) is 18.4 Å². The molecule has 1 heterocycles. The number of anilines is 1. The van der Waals surface area contributed by atoms with Crippen LogP contribution in [-0.4, -0.2) is 38.1 Å². The molecule has 1 aliphatic heterocycles. The number of ether oxygens (including phenoxy) is 2. The number of benzene rings is 3. The van der Waals surface area contributed by atoms with E-state index >= 15 is 0 Å². The molecule has 3 aromatic carbocycles. The van der Waals surface area contributed by atoms with Crippen LogP contribution in [0, 0.1) is 0 Å². The summed E-state index contributed by atoms with van der Waals surface area (Å²) in [7, 11) is 0. The van der Waals surface area contributed by atoms with Gasteiger partial charge in [-0.1, -0.05) is 48.5 Å². The second-order valence-corrected chi connectivity index (χ2v) is 7.49. The van der Waals surface area contributed by atoms with Gasteiger partial charge in [0.2, 0.25) is 5.91 Å². The predicted octanol–water partition coefficient (Wildman–Crippen LogP) is 4.05. The molecule has 0 bridgehead atoms. The van der Waals surface area contributed by atoms with Gasteiger partial charge in [0.15, 0.2) is 6.61 Å². The molecule has 1 fully saturated rings. The predicted molar refractivity (Wildman–Crippen MR) is 124 cm³/mol. The number of nitrogens with zero attached hydrogens (tertiary/aromatic N) is 1. The monoisotopic (exact) mass is 430 g/mol. The fourth-order valence-corrected chi connectivity index (χ4v) is 3.64. The average Bonchev–Trinajstić information content (AvgIpc) is 3.27. The first-order valence-electron chi connectivity index (χ1n) is 10.8. The number of hydrogen-bond donors (Lipinski definition) is 1. The summed E-state index contributed by atoms with van der Waals surface area (Å²) in [4.78, 5) is 25.7. The van der Waals surface area contributed by atoms with Crippen molar-refractivity contribution in [2.45, 2.75) is 12.8 Å². The van der Waals surface area contributed by atoms with Crippen LogP contribution in [0.4, 0.5) is 5.69 Å². The number of rotatable bonds is 9. The van der Waals surface area contributed by atoms with Crippen LogP contribution in [0.1, 0.15) is 12.8 Å². The van der Waals surface area contributed by atoms with E-state index in [1.807, 2.05) is 66.7 Å². The summed E-state index contributed by atoms with van der Waals surface area (Å²) in [6.45, 7) is 1.40. The lowest BCUT2D eigenvalue weighted by Crippen LogP contribution is -2.32. The van der Waals surface area contributed by atoms with E-state index in [9.17, 15) is 9.59 Å². The van der Waals surface area contributed by atoms with Gasteiger partial charge in [-0.2, -0.15) is 0 Å². The first-order valence-corrected chi connectivity index (χ1v) is 10.8. The highest BCUT2D eigenvalue weighted by Gasteiger charge is 2.21. The van der Waals surface area contributed by atoms with Gasteiger partial charge in [-0.05, 0) is 42.3 Å². The molecule has 164 valence electrons. The van der Waals surface area contributed by atoms with Gasteiger partial charge in [0.05, 0.1) is 6.54 Å². The topological polar surface area (TPSA) is 67.9 Å². The lowest BCUT2D eigenvalue weighted by atomic mass is 10.1. The molecule has 6 nitrogen and oxygen atoms in total. The van der Waals surface area contributed by atoms with Crippen LogP contribution in [0.25, 0.3) is 11.1 Å².